The monoisotopic (exact) mass is 275 g/mol. The van der Waals surface area contributed by atoms with Gasteiger partial charge in [0.25, 0.3) is 0 Å². The lowest BCUT2D eigenvalue weighted by Crippen LogP contribution is -2.49. The van der Waals surface area contributed by atoms with E-state index in [1.165, 1.54) is 0 Å². The number of amides is 2. The molecule has 6 heteroatoms. The molecule has 6 nitrogen and oxygen atoms in total. The van der Waals surface area contributed by atoms with Gasteiger partial charge in [0.2, 0.25) is 11.8 Å². The summed E-state index contributed by atoms with van der Waals surface area (Å²) in [6.07, 6.45) is 0.847. The van der Waals surface area contributed by atoms with Crippen LogP contribution in [0.15, 0.2) is 24.3 Å². The van der Waals surface area contributed by atoms with Gasteiger partial charge in [-0.1, -0.05) is 24.3 Å². The molecule has 0 aromatic heterocycles. The van der Waals surface area contributed by atoms with Gasteiger partial charge in [-0.3, -0.25) is 9.59 Å². The molecule has 2 rings (SSSR count). The summed E-state index contributed by atoms with van der Waals surface area (Å²) in [5, 5.41) is 14.1. The molecule has 0 spiro atoms. The van der Waals surface area contributed by atoms with E-state index in [4.69, 9.17) is 5.11 Å². The zero-order valence-electron chi connectivity index (χ0n) is 10.8. The summed E-state index contributed by atoms with van der Waals surface area (Å²) in [6, 6.07) is 8.26. The molecule has 2 atom stereocenters. The molecule has 1 heterocycles. The van der Waals surface area contributed by atoms with Crippen LogP contribution in [0.25, 0.3) is 0 Å². The molecule has 1 saturated heterocycles. The molecule has 1 fully saturated rings. The Morgan fingerprint density at radius 3 is 2.85 bits per heavy atom. The van der Waals surface area contributed by atoms with Crippen LogP contribution in [0.3, 0.4) is 0 Å². The molecule has 20 heavy (non-hydrogen) atoms. The van der Waals surface area contributed by atoms with Crippen LogP contribution in [0.5, 0.6) is 0 Å². The van der Waals surface area contributed by atoms with E-state index in [1.54, 1.807) is 24.3 Å². The fourth-order valence-corrected chi connectivity index (χ4v) is 2.06. The normalized spacial score (nSPS) is 19.2. The summed E-state index contributed by atoms with van der Waals surface area (Å²) in [7, 11) is 0. The molecule has 2 unspecified atom stereocenters. The first kappa shape index (κ1) is 14.0. The van der Waals surface area contributed by atoms with Crippen LogP contribution in [0.2, 0.25) is 0 Å². The molecule has 2 amide bonds. The van der Waals surface area contributed by atoms with Gasteiger partial charge in [0.1, 0.15) is 12.1 Å². The summed E-state index contributed by atoms with van der Waals surface area (Å²) in [5.41, 5.74) is 0.704. The standard InChI is InChI=1S/C14H15N2O4/c17-12-7-6-10(15-12)13(18)16-11(14(19)20)8-9-4-2-1-3-5-9/h1-4,10-11H,6-8H2,(H,15,17)(H,16,18)(H,19,20). The highest BCUT2D eigenvalue weighted by atomic mass is 16.4. The lowest BCUT2D eigenvalue weighted by Gasteiger charge is -2.17. The lowest BCUT2D eigenvalue weighted by molar-refractivity contribution is -0.142. The molecular weight excluding hydrogens is 260 g/mol. The van der Waals surface area contributed by atoms with Crippen LogP contribution in [-0.4, -0.2) is 35.0 Å². The van der Waals surface area contributed by atoms with Crippen LogP contribution in [-0.2, 0) is 20.8 Å². The largest absolute Gasteiger partial charge is 0.480 e. The zero-order valence-corrected chi connectivity index (χ0v) is 10.8. The van der Waals surface area contributed by atoms with Crippen molar-refractivity contribution in [2.24, 2.45) is 0 Å². The molecule has 0 saturated carbocycles. The lowest BCUT2D eigenvalue weighted by atomic mass is 10.1. The molecule has 1 aliphatic rings. The van der Waals surface area contributed by atoms with Gasteiger partial charge in [-0.2, -0.15) is 0 Å². The number of hydrogen-bond donors (Lipinski definition) is 3. The van der Waals surface area contributed by atoms with Gasteiger partial charge in [0.05, 0.1) is 0 Å². The number of carbonyl (C=O) groups excluding carboxylic acids is 2. The number of carboxylic acids is 1. The molecule has 1 aliphatic heterocycles. The SMILES string of the molecule is O=C1CCC(C(=O)NC(Cc2[c]cccc2)C(=O)O)N1. The van der Waals surface area contributed by atoms with Crippen LogP contribution in [0, 0.1) is 6.07 Å². The summed E-state index contributed by atoms with van der Waals surface area (Å²) < 4.78 is 0. The van der Waals surface area contributed by atoms with Gasteiger partial charge in [0, 0.05) is 12.8 Å². The first-order valence-corrected chi connectivity index (χ1v) is 6.34. The average molecular weight is 275 g/mol. The van der Waals surface area contributed by atoms with Gasteiger partial charge in [-0.15, -0.1) is 0 Å². The summed E-state index contributed by atoms with van der Waals surface area (Å²) >= 11 is 0. The Morgan fingerprint density at radius 2 is 2.30 bits per heavy atom. The Bertz CT molecular complexity index is 515. The molecule has 1 aromatic rings. The van der Waals surface area contributed by atoms with Crippen molar-refractivity contribution in [2.75, 3.05) is 0 Å². The van der Waals surface area contributed by atoms with Gasteiger partial charge in [-0.05, 0) is 18.1 Å². The van der Waals surface area contributed by atoms with Crippen LogP contribution < -0.4 is 10.6 Å². The van der Waals surface area contributed by atoms with E-state index in [-0.39, 0.29) is 12.3 Å². The Hall–Kier alpha value is -2.37. The highest BCUT2D eigenvalue weighted by Crippen LogP contribution is 2.08. The summed E-state index contributed by atoms with van der Waals surface area (Å²) in [4.78, 5) is 34.2. The van der Waals surface area contributed by atoms with Crippen molar-refractivity contribution in [3.05, 3.63) is 35.9 Å². The van der Waals surface area contributed by atoms with E-state index in [2.05, 4.69) is 16.7 Å². The second-order valence-corrected chi connectivity index (χ2v) is 4.65. The fraction of sp³-hybridized carbons (Fsp3) is 0.357. The maximum Gasteiger partial charge on any atom is 0.326 e. The van der Waals surface area contributed by atoms with Gasteiger partial charge < -0.3 is 15.7 Å². The Kier molecular flexibility index (Phi) is 4.34. The van der Waals surface area contributed by atoms with Gasteiger partial charge >= 0.3 is 5.97 Å². The van der Waals surface area contributed by atoms with E-state index in [0.717, 1.165) is 0 Å². The van der Waals surface area contributed by atoms with Crippen LogP contribution in [0.4, 0.5) is 0 Å². The second kappa shape index (κ2) is 6.18. The highest BCUT2D eigenvalue weighted by Gasteiger charge is 2.30. The number of hydrogen-bond acceptors (Lipinski definition) is 3. The predicted molar refractivity (Wildman–Crippen MR) is 69.7 cm³/mol. The predicted octanol–water partition coefficient (Wildman–Crippen LogP) is -0.123. The molecule has 1 aromatic carbocycles. The number of carbonyl (C=O) groups is 3. The molecule has 105 valence electrons. The van der Waals surface area contributed by atoms with Crippen molar-refractivity contribution in [3.63, 3.8) is 0 Å². The minimum absolute atomic E-state index is 0.155. The van der Waals surface area contributed by atoms with Crippen molar-refractivity contribution < 1.29 is 19.5 Å². The van der Waals surface area contributed by atoms with E-state index < -0.39 is 24.0 Å². The molecule has 0 aliphatic carbocycles. The van der Waals surface area contributed by atoms with Crippen molar-refractivity contribution in [1.29, 1.82) is 0 Å². The van der Waals surface area contributed by atoms with E-state index in [1.807, 2.05) is 0 Å². The van der Waals surface area contributed by atoms with E-state index in [9.17, 15) is 14.4 Å². The third-order valence-electron chi connectivity index (χ3n) is 3.12. The van der Waals surface area contributed by atoms with Crippen LogP contribution >= 0.6 is 0 Å². The molecule has 3 N–H and O–H groups in total. The minimum Gasteiger partial charge on any atom is -0.480 e. The molecule has 0 bridgehead atoms. The Balaban J connectivity index is 1.97. The maximum absolute atomic E-state index is 11.9. The first-order valence-electron chi connectivity index (χ1n) is 6.34. The van der Waals surface area contributed by atoms with Crippen molar-refractivity contribution in [1.82, 2.24) is 10.6 Å². The molecule has 1 radical (unpaired) electrons. The topological polar surface area (TPSA) is 95.5 Å². The zero-order chi connectivity index (χ0) is 14.5. The smallest absolute Gasteiger partial charge is 0.326 e. The van der Waals surface area contributed by atoms with Gasteiger partial charge in [0.15, 0.2) is 0 Å². The highest BCUT2D eigenvalue weighted by molar-refractivity contribution is 5.92. The third-order valence-corrected chi connectivity index (χ3v) is 3.12. The Labute approximate surface area is 116 Å². The minimum atomic E-state index is -1.11. The summed E-state index contributed by atoms with van der Waals surface area (Å²) in [5.74, 6) is -1.76. The number of benzene rings is 1. The van der Waals surface area contributed by atoms with E-state index in [0.29, 0.717) is 18.4 Å². The quantitative estimate of drug-likeness (QED) is 0.698. The number of nitrogens with one attached hydrogen (secondary N) is 2. The van der Waals surface area contributed by atoms with Crippen molar-refractivity contribution >= 4 is 17.8 Å². The van der Waals surface area contributed by atoms with Crippen molar-refractivity contribution in [2.45, 2.75) is 31.3 Å². The Morgan fingerprint density at radius 1 is 1.50 bits per heavy atom. The average Bonchev–Trinajstić information content (AvgIpc) is 2.86. The van der Waals surface area contributed by atoms with E-state index >= 15 is 0 Å². The number of rotatable bonds is 5. The first-order chi connectivity index (χ1) is 9.56. The summed E-state index contributed by atoms with van der Waals surface area (Å²) in [6.45, 7) is 0. The number of carboxylic acid groups (broad SMARTS) is 1. The van der Waals surface area contributed by atoms with Crippen LogP contribution in [0.1, 0.15) is 18.4 Å². The number of aliphatic carboxylic acids is 1. The van der Waals surface area contributed by atoms with Crippen molar-refractivity contribution in [3.8, 4) is 0 Å². The second-order valence-electron chi connectivity index (χ2n) is 4.65. The maximum atomic E-state index is 11.9. The van der Waals surface area contributed by atoms with Gasteiger partial charge in [-0.25, -0.2) is 4.79 Å². The fourth-order valence-electron chi connectivity index (χ4n) is 2.06. The molecular formula is C14H15N2O4. The third kappa shape index (κ3) is 3.57.